The highest BCUT2D eigenvalue weighted by Gasteiger charge is 2.15. The number of carbonyl (C=O) groups is 2. The van der Waals surface area contributed by atoms with Gasteiger partial charge in [0.1, 0.15) is 0 Å². The van der Waals surface area contributed by atoms with Crippen LogP contribution in [-0.2, 0) is 9.53 Å². The summed E-state index contributed by atoms with van der Waals surface area (Å²) in [5.41, 5.74) is 0. The molecule has 1 rings (SSSR count). The van der Waals surface area contributed by atoms with Crippen molar-refractivity contribution in [3.63, 3.8) is 0 Å². The summed E-state index contributed by atoms with van der Waals surface area (Å²) in [6.45, 7) is 1.39. The Labute approximate surface area is 88.0 Å². The van der Waals surface area contributed by atoms with Crippen molar-refractivity contribution < 1.29 is 19.4 Å². The molecule has 0 spiro atoms. The van der Waals surface area contributed by atoms with E-state index in [0.29, 0.717) is 6.54 Å². The number of carboxylic acids is 1. The second-order valence-corrected chi connectivity index (χ2v) is 3.42. The van der Waals surface area contributed by atoms with Gasteiger partial charge in [-0.3, -0.25) is 4.79 Å². The van der Waals surface area contributed by atoms with Gasteiger partial charge in [-0.15, -0.1) is 0 Å². The predicted molar refractivity (Wildman–Crippen MR) is 52.6 cm³/mol. The van der Waals surface area contributed by atoms with Gasteiger partial charge in [-0.25, -0.2) is 4.79 Å². The summed E-state index contributed by atoms with van der Waals surface area (Å²) >= 11 is 0. The second-order valence-electron chi connectivity index (χ2n) is 3.42. The Kier molecular flexibility index (Phi) is 4.89. The van der Waals surface area contributed by atoms with Gasteiger partial charge < -0.3 is 20.5 Å². The third kappa shape index (κ3) is 5.21. The Morgan fingerprint density at radius 2 is 2.20 bits per heavy atom. The van der Waals surface area contributed by atoms with E-state index in [1.54, 1.807) is 0 Å². The highest BCUT2D eigenvalue weighted by Crippen LogP contribution is 2.10. The van der Waals surface area contributed by atoms with Crippen LogP contribution in [0, 0.1) is 0 Å². The predicted octanol–water partition coefficient (Wildman–Crippen LogP) is -0.0607. The van der Waals surface area contributed by atoms with Crippen molar-refractivity contribution in [1.29, 1.82) is 0 Å². The molecule has 0 radical (unpaired) electrons. The molecule has 86 valence electrons. The molecule has 6 heteroatoms. The van der Waals surface area contributed by atoms with Gasteiger partial charge in [0, 0.05) is 19.7 Å². The summed E-state index contributed by atoms with van der Waals surface area (Å²) < 4.78 is 5.31. The molecule has 0 aromatic heterocycles. The minimum Gasteiger partial charge on any atom is -0.481 e. The summed E-state index contributed by atoms with van der Waals surface area (Å²) in [5, 5.41) is 13.4. The van der Waals surface area contributed by atoms with Crippen LogP contribution in [0.15, 0.2) is 0 Å². The summed E-state index contributed by atoms with van der Waals surface area (Å²) in [6, 6.07) is -0.341. The van der Waals surface area contributed by atoms with Crippen molar-refractivity contribution in [3.05, 3.63) is 0 Å². The molecule has 1 heterocycles. The molecular formula is C9H16N2O4. The zero-order valence-corrected chi connectivity index (χ0v) is 8.49. The lowest BCUT2D eigenvalue weighted by molar-refractivity contribution is -0.136. The fourth-order valence-corrected chi connectivity index (χ4v) is 1.36. The summed E-state index contributed by atoms with van der Waals surface area (Å²) in [7, 11) is 0. The number of rotatable bonds is 5. The Morgan fingerprint density at radius 1 is 1.40 bits per heavy atom. The monoisotopic (exact) mass is 216 g/mol. The smallest absolute Gasteiger partial charge is 0.314 e. The lowest BCUT2D eigenvalue weighted by atomic mass is 10.2. The number of hydrogen-bond donors (Lipinski definition) is 3. The average molecular weight is 216 g/mol. The van der Waals surface area contributed by atoms with Crippen LogP contribution in [0.1, 0.15) is 19.3 Å². The van der Waals surface area contributed by atoms with Gasteiger partial charge in [0.05, 0.1) is 12.5 Å². The van der Waals surface area contributed by atoms with E-state index in [0.717, 1.165) is 19.4 Å². The average Bonchev–Trinajstić information content (AvgIpc) is 2.66. The summed E-state index contributed by atoms with van der Waals surface area (Å²) in [4.78, 5) is 21.3. The first-order valence-corrected chi connectivity index (χ1v) is 5.03. The zero-order valence-electron chi connectivity index (χ0n) is 8.49. The first kappa shape index (κ1) is 11.8. The third-order valence-electron chi connectivity index (χ3n) is 2.14. The maximum atomic E-state index is 11.1. The number of aliphatic carboxylic acids is 1. The SMILES string of the molecule is O=C(O)CCNC(=O)NCC1CCCO1. The van der Waals surface area contributed by atoms with Crippen LogP contribution < -0.4 is 10.6 Å². The number of ether oxygens (including phenoxy) is 1. The number of urea groups is 1. The maximum Gasteiger partial charge on any atom is 0.314 e. The summed E-state index contributed by atoms with van der Waals surface area (Å²) in [6.07, 6.45) is 2.05. The number of amides is 2. The molecule has 1 fully saturated rings. The van der Waals surface area contributed by atoms with E-state index in [4.69, 9.17) is 9.84 Å². The van der Waals surface area contributed by atoms with Crippen molar-refractivity contribution in [1.82, 2.24) is 10.6 Å². The minimum absolute atomic E-state index is 0.0622. The maximum absolute atomic E-state index is 11.1. The fraction of sp³-hybridized carbons (Fsp3) is 0.778. The number of nitrogens with one attached hydrogen (secondary N) is 2. The van der Waals surface area contributed by atoms with Crippen molar-refractivity contribution in [2.45, 2.75) is 25.4 Å². The molecule has 0 aromatic carbocycles. The molecule has 2 amide bonds. The molecule has 6 nitrogen and oxygen atoms in total. The second kappa shape index (κ2) is 6.23. The van der Waals surface area contributed by atoms with E-state index in [2.05, 4.69) is 10.6 Å². The van der Waals surface area contributed by atoms with Gasteiger partial charge in [0.15, 0.2) is 0 Å². The van der Waals surface area contributed by atoms with E-state index in [9.17, 15) is 9.59 Å². The quantitative estimate of drug-likeness (QED) is 0.600. The van der Waals surface area contributed by atoms with Crippen molar-refractivity contribution >= 4 is 12.0 Å². The molecule has 3 N–H and O–H groups in total. The zero-order chi connectivity index (χ0) is 11.1. The van der Waals surface area contributed by atoms with E-state index < -0.39 is 5.97 Å². The molecule has 1 saturated heterocycles. The van der Waals surface area contributed by atoms with Crippen LogP contribution in [0.5, 0.6) is 0 Å². The van der Waals surface area contributed by atoms with Crippen LogP contribution in [0.2, 0.25) is 0 Å². The fourth-order valence-electron chi connectivity index (χ4n) is 1.36. The molecule has 1 aliphatic heterocycles. The van der Waals surface area contributed by atoms with Crippen LogP contribution in [0.4, 0.5) is 4.79 Å². The molecule has 1 aliphatic rings. The van der Waals surface area contributed by atoms with Gasteiger partial charge in [0.2, 0.25) is 0 Å². The highest BCUT2D eigenvalue weighted by atomic mass is 16.5. The molecule has 0 saturated carbocycles. The Bertz CT molecular complexity index is 226. The first-order chi connectivity index (χ1) is 7.18. The lowest BCUT2D eigenvalue weighted by Gasteiger charge is -2.11. The molecule has 0 bridgehead atoms. The van der Waals surface area contributed by atoms with E-state index >= 15 is 0 Å². The van der Waals surface area contributed by atoms with Crippen molar-refractivity contribution in [2.75, 3.05) is 19.7 Å². The Morgan fingerprint density at radius 3 is 2.80 bits per heavy atom. The van der Waals surface area contributed by atoms with Crippen LogP contribution in [0.3, 0.4) is 0 Å². The van der Waals surface area contributed by atoms with Crippen LogP contribution >= 0.6 is 0 Å². The third-order valence-corrected chi connectivity index (χ3v) is 2.14. The largest absolute Gasteiger partial charge is 0.481 e. The first-order valence-electron chi connectivity index (χ1n) is 5.03. The minimum atomic E-state index is -0.922. The molecular weight excluding hydrogens is 200 g/mol. The Balaban J connectivity index is 2.00. The highest BCUT2D eigenvalue weighted by molar-refractivity contribution is 5.74. The van der Waals surface area contributed by atoms with E-state index in [1.165, 1.54) is 0 Å². The van der Waals surface area contributed by atoms with Crippen LogP contribution in [-0.4, -0.2) is 42.9 Å². The van der Waals surface area contributed by atoms with Gasteiger partial charge in [-0.2, -0.15) is 0 Å². The molecule has 1 atom stereocenters. The van der Waals surface area contributed by atoms with E-state index in [1.807, 2.05) is 0 Å². The van der Waals surface area contributed by atoms with Gasteiger partial charge >= 0.3 is 12.0 Å². The van der Waals surface area contributed by atoms with Crippen molar-refractivity contribution in [2.24, 2.45) is 0 Å². The lowest BCUT2D eigenvalue weighted by Crippen LogP contribution is -2.40. The normalized spacial score (nSPS) is 19.9. The Hall–Kier alpha value is -1.30. The van der Waals surface area contributed by atoms with E-state index in [-0.39, 0.29) is 25.1 Å². The summed E-state index contributed by atoms with van der Waals surface area (Å²) in [5.74, 6) is -0.922. The van der Waals surface area contributed by atoms with Gasteiger partial charge in [-0.1, -0.05) is 0 Å². The van der Waals surface area contributed by atoms with Gasteiger partial charge in [-0.05, 0) is 12.8 Å². The standard InChI is InChI=1S/C9H16N2O4/c12-8(13)3-4-10-9(14)11-6-7-2-1-5-15-7/h7H,1-6H2,(H,12,13)(H2,10,11,14). The van der Waals surface area contributed by atoms with Gasteiger partial charge in [0.25, 0.3) is 0 Å². The molecule has 1 unspecified atom stereocenters. The number of hydrogen-bond acceptors (Lipinski definition) is 3. The topological polar surface area (TPSA) is 87.7 Å². The molecule has 0 aliphatic carbocycles. The number of carboxylic acid groups (broad SMARTS) is 1. The molecule has 0 aromatic rings. The number of carbonyl (C=O) groups excluding carboxylic acids is 1. The van der Waals surface area contributed by atoms with Crippen LogP contribution in [0.25, 0.3) is 0 Å². The molecule has 15 heavy (non-hydrogen) atoms. The van der Waals surface area contributed by atoms with Crippen molar-refractivity contribution in [3.8, 4) is 0 Å².